The van der Waals surface area contributed by atoms with Gasteiger partial charge in [0.05, 0.1) is 0 Å². The number of hydrogen-bond donors (Lipinski definition) is 0. The van der Waals surface area contributed by atoms with Gasteiger partial charge in [0, 0.05) is 18.3 Å². The van der Waals surface area contributed by atoms with E-state index < -0.39 is 0 Å². The van der Waals surface area contributed by atoms with E-state index in [0.29, 0.717) is 5.69 Å². The Morgan fingerprint density at radius 3 is 2.76 bits per heavy atom. The molecule has 3 heteroatoms. The monoisotopic (exact) mass is 228 g/mol. The zero-order valence-corrected chi connectivity index (χ0v) is 10.2. The highest BCUT2D eigenvalue weighted by molar-refractivity contribution is 6.08. The van der Waals surface area contributed by atoms with Crippen molar-refractivity contribution >= 4 is 5.78 Å². The largest absolute Gasteiger partial charge is 0.287 e. The molecule has 0 N–H and O–H groups in total. The summed E-state index contributed by atoms with van der Waals surface area (Å²) in [7, 11) is 0. The summed E-state index contributed by atoms with van der Waals surface area (Å²) in [4.78, 5) is 12.4. The van der Waals surface area contributed by atoms with E-state index in [1.165, 1.54) is 0 Å². The van der Waals surface area contributed by atoms with Gasteiger partial charge >= 0.3 is 0 Å². The van der Waals surface area contributed by atoms with E-state index in [0.717, 1.165) is 24.1 Å². The molecule has 0 saturated heterocycles. The van der Waals surface area contributed by atoms with Crippen LogP contribution in [0.4, 0.5) is 0 Å². The molecule has 0 aliphatic rings. The SMILES string of the molecule is CCCn1nccc1C(=O)c1ccccc1C. The van der Waals surface area contributed by atoms with Gasteiger partial charge in [0.15, 0.2) is 0 Å². The molecule has 2 aromatic rings. The zero-order chi connectivity index (χ0) is 12.3. The summed E-state index contributed by atoms with van der Waals surface area (Å²) in [6.07, 6.45) is 2.65. The molecular formula is C14H16N2O. The van der Waals surface area contributed by atoms with Gasteiger partial charge in [0.1, 0.15) is 5.69 Å². The highest BCUT2D eigenvalue weighted by atomic mass is 16.1. The second-order valence-corrected chi connectivity index (χ2v) is 4.08. The lowest BCUT2D eigenvalue weighted by atomic mass is 10.0. The molecule has 0 radical (unpaired) electrons. The Labute approximate surface area is 101 Å². The Kier molecular flexibility index (Phi) is 3.38. The van der Waals surface area contributed by atoms with Crippen molar-refractivity contribution < 1.29 is 4.79 Å². The van der Waals surface area contributed by atoms with Crippen LogP contribution in [-0.4, -0.2) is 15.6 Å². The Balaban J connectivity index is 2.37. The average Bonchev–Trinajstić information content (AvgIpc) is 2.78. The van der Waals surface area contributed by atoms with Crippen LogP contribution >= 0.6 is 0 Å². The molecule has 0 amide bonds. The predicted octanol–water partition coefficient (Wildman–Crippen LogP) is 2.83. The lowest BCUT2D eigenvalue weighted by Gasteiger charge is -2.07. The van der Waals surface area contributed by atoms with E-state index in [1.54, 1.807) is 16.9 Å². The minimum atomic E-state index is 0.0500. The van der Waals surface area contributed by atoms with Crippen molar-refractivity contribution in [1.29, 1.82) is 0 Å². The van der Waals surface area contributed by atoms with Crippen LogP contribution in [0, 0.1) is 6.92 Å². The average molecular weight is 228 g/mol. The molecule has 1 heterocycles. The van der Waals surface area contributed by atoms with Gasteiger partial charge in [0.2, 0.25) is 5.78 Å². The zero-order valence-electron chi connectivity index (χ0n) is 10.2. The van der Waals surface area contributed by atoms with Crippen LogP contribution < -0.4 is 0 Å². The van der Waals surface area contributed by atoms with Crippen molar-refractivity contribution in [3.8, 4) is 0 Å². The summed E-state index contributed by atoms with van der Waals surface area (Å²) in [6.45, 7) is 4.80. The van der Waals surface area contributed by atoms with Crippen molar-refractivity contribution in [3.63, 3.8) is 0 Å². The van der Waals surface area contributed by atoms with Gasteiger partial charge in [-0.05, 0) is 25.0 Å². The maximum Gasteiger partial charge on any atom is 0.211 e. The fraction of sp³-hybridized carbons (Fsp3) is 0.286. The summed E-state index contributed by atoms with van der Waals surface area (Å²) < 4.78 is 1.77. The van der Waals surface area contributed by atoms with Crippen molar-refractivity contribution in [2.45, 2.75) is 26.8 Å². The van der Waals surface area contributed by atoms with Crippen LogP contribution in [0.1, 0.15) is 35.0 Å². The van der Waals surface area contributed by atoms with Crippen LogP contribution in [0.25, 0.3) is 0 Å². The molecular weight excluding hydrogens is 212 g/mol. The minimum absolute atomic E-state index is 0.0500. The first-order valence-electron chi connectivity index (χ1n) is 5.86. The van der Waals surface area contributed by atoms with Gasteiger partial charge in [-0.1, -0.05) is 31.2 Å². The molecule has 3 nitrogen and oxygen atoms in total. The smallest absolute Gasteiger partial charge is 0.211 e. The van der Waals surface area contributed by atoms with Gasteiger partial charge in [0.25, 0.3) is 0 Å². The first-order chi connectivity index (χ1) is 8.24. The number of carbonyl (C=O) groups is 1. The van der Waals surface area contributed by atoms with E-state index in [9.17, 15) is 4.79 Å². The maximum absolute atomic E-state index is 12.4. The normalized spacial score (nSPS) is 10.5. The molecule has 0 fully saturated rings. The van der Waals surface area contributed by atoms with Gasteiger partial charge in [-0.15, -0.1) is 0 Å². The number of hydrogen-bond acceptors (Lipinski definition) is 2. The van der Waals surface area contributed by atoms with E-state index in [2.05, 4.69) is 12.0 Å². The molecule has 17 heavy (non-hydrogen) atoms. The van der Waals surface area contributed by atoms with Gasteiger partial charge in [-0.25, -0.2) is 0 Å². The summed E-state index contributed by atoms with van der Waals surface area (Å²) >= 11 is 0. The summed E-state index contributed by atoms with van der Waals surface area (Å²) in [5.74, 6) is 0.0500. The van der Waals surface area contributed by atoms with E-state index in [1.807, 2.05) is 31.2 Å². The third-order valence-electron chi connectivity index (χ3n) is 2.77. The van der Waals surface area contributed by atoms with Gasteiger partial charge in [-0.3, -0.25) is 9.48 Å². The number of aryl methyl sites for hydroxylation is 2. The Morgan fingerprint density at radius 1 is 1.29 bits per heavy atom. The molecule has 1 aromatic heterocycles. The summed E-state index contributed by atoms with van der Waals surface area (Å²) in [6, 6.07) is 9.43. The van der Waals surface area contributed by atoms with E-state index >= 15 is 0 Å². The van der Waals surface area contributed by atoms with Gasteiger partial charge < -0.3 is 0 Å². The predicted molar refractivity (Wildman–Crippen MR) is 67.1 cm³/mol. The third-order valence-corrected chi connectivity index (χ3v) is 2.77. The van der Waals surface area contributed by atoms with Crippen molar-refractivity contribution in [2.24, 2.45) is 0 Å². The fourth-order valence-corrected chi connectivity index (χ4v) is 1.88. The number of carbonyl (C=O) groups excluding carboxylic acids is 1. The first-order valence-corrected chi connectivity index (χ1v) is 5.86. The Hall–Kier alpha value is -1.90. The number of aromatic nitrogens is 2. The molecule has 0 saturated carbocycles. The molecule has 88 valence electrons. The van der Waals surface area contributed by atoms with Crippen LogP contribution in [0.5, 0.6) is 0 Å². The molecule has 1 aromatic carbocycles. The highest BCUT2D eigenvalue weighted by Gasteiger charge is 2.15. The standard InChI is InChI=1S/C14H16N2O/c1-3-10-16-13(8-9-15-16)14(17)12-7-5-4-6-11(12)2/h4-9H,3,10H2,1-2H3. The van der Waals surface area contributed by atoms with E-state index in [-0.39, 0.29) is 5.78 Å². The van der Waals surface area contributed by atoms with Crippen molar-refractivity contribution in [1.82, 2.24) is 9.78 Å². The van der Waals surface area contributed by atoms with Crippen LogP contribution in [0.2, 0.25) is 0 Å². The third kappa shape index (κ3) is 2.28. The highest BCUT2D eigenvalue weighted by Crippen LogP contribution is 2.13. The van der Waals surface area contributed by atoms with Gasteiger partial charge in [-0.2, -0.15) is 5.10 Å². The molecule has 2 rings (SSSR count). The molecule has 0 aliphatic heterocycles. The lowest BCUT2D eigenvalue weighted by molar-refractivity contribution is 0.102. The maximum atomic E-state index is 12.4. The number of benzene rings is 1. The second kappa shape index (κ2) is 4.95. The van der Waals surface area contributed by atoms with Crippen molar-refractivity contribution in [3.05, 3.63) is 53.3 Å². The molecule has 0 aliphatic carbocycles. The Bertz CT molecular complexity index is 529. The van der Waals surface area contributed by atoms with Crippen molar-refractivity contribution in [2.75, 3.05) is 0 Å². The summed E-state index contributed by atoms with van der Waals surface area (Å²) in [5, 5.41) is 4.18. The molecule has 0 bridgehead atoms. The molecule has 0 spiro atoms. The minimum Gasteiger partial charge on any atom is -0.287 e. The number of ketones is 1. The molecule has 0 atom stereocenters. The van der Waals surface area contributed by atoms with Crippen LogP contribution in [-0.2, 0) is 6.54 Å². The lowest BCUT2D eigenvalue weighted by Crippen LogP contribution is -2.12. The first kappa shape index (κ1) is 11.6. The fourth-order valence-electron chi connectivity index (χ4n) is 1.88. The molecule has 0 unspecified atom stereocenters. The second-order valence-electron chi connectivity index (χ2n) is 4.08. The van der Waals surface area contributed by atoms with Crippen LogP contribution in [0.15, 0.2) is 36.5 Å². The van der Waals surface area contributed by atoms with E-state index in [4.69, 9.17) is 0 Å². The number of rotatable bonds is 4. The Morgan fingerprint density at radius 2 is 2.06 bits per heavy atom. The van der Waals surface area contributed by atoms with Crippen LogP contribution in [0.3, 0.4) is 0 Å². The number of nitrogens with zero attached hydrogens (tertiary/aromatic N) is 2. The summed E-state index contributed by atoms with van der Waals surface area (Å²) in [5.41, 5.74) is 2.42. The topological polar surface area (TPSA) is 34.9 Å². The quantitative estimate of drug-likeness (QED) is 0.754.